The molecule has 1 fully saturated rings. The largest absolute Gasteiger partial charge is 0.476 e. The van der Waals surface area contributed by atoms with Gasteiger partial charge in [-0.25, -0.2) is 0 Å². The van der Waals surface area contributed by atoms with Crippen LogP contribution in [0.15, 0.2) is 24.8 Å². The Balaban J connectivity index is 1.59. The molecule has 0 spiro atoms. The maximum atomic E-state index is 5.68. The van der Waals surface area contributed by atoms with Crippen LogP contribution in [-0.2, 0) is 13.5 Å². The number of ether oxygens (including phenoxy) is 1. The lowest BCUT2D eigenvalue weighted by atomic mass is 10.0. The first-order chi connectivity index (χ1) is 11.1. The Hall–Kier alpha value is -2.11. The molecule has 1 saturated heterocycles. The van der Waals surface area contributed by atoms with Crippen molar-refractivity contribution in [2.75, 3.05) is 24.6 Å². The maximum Gasteiger partial charge on any atom is 0.234 e. The highest BCUT2D eigenvalue weighted by Gasteiger charge is 2.24. The molecule has 3 rings (SSSR count). The lowest BCUT2D eigenvalue weighted by Gasteiger charge is -2.18. The molecule has 0 aliphatic carbocycles. The van der Waals surface area contributed by atoms with Crippen LogP contribution < -0.4 is 9.64 Å². The Bertz CT molecular complexity index is 639. The van der Waals surface area contributed by atoms with E-state index < -0.39 is 0 Å². The number of hydrogen-bond acceptors (Lipinski definition) is 5. The minimum atomic E-state index is 0.483. The van der Waals surface area contributed by atoms with Gasteiger partial charge in [0.15, 0.2) is 5.82 Å². The third-order valence-corrected chi connectivity index (χ3v) is 4.06. The van der Waals surface area contributed by atoms with Crippen molar-refractivity contribution in [3.05, 3.63) is 30.4 Å². The Labute approximate surface area is 137 Å². The van der Waals surface area contributed by atoms with Gasteiger partial charge in [0, 0.05) is 26.3 Å². The Morgan fingerprint density at radius 3 is 2.91 bits per heavy atom. The van der Waals surface area contributed by atoms with Crippen LogP contribution in [0, 0.1) is 11.8 Å². The summed E-state index contributed by atoms with van der Waals surface area (Å²) in [5.41, 5.74) is 1.31. The van der Waals surface area contributed by atoms with Gasteiger partial charge in [-0.15, -0.1) is 0 Å². The van der Waals surface area contributed by atoms with Crippen LogP contribution in [0.3, 0.4) is 0 Å². The van der Waals surface area contributed by atoms with Gasteiger partial charge < -0.3 is 9.64 Å². The van der Waals surface area contributed by atoms with Crippen LogP contribution in [-0.4, -0.2) is 39.4 Å². The third-order valence-electron chi connectivity index (χ3n) is 4.06. The number of rotatable bonds is 6. The van der Waals surface area contributed by atoms with E-state index in [4.69, 9.17) is 4.74 Å². The van der Waals surface area contributed by atoms with Gasteiger partial charge in [-0.3, -0.25) is 9.67 Å². The number of anilines is 1. The van der Waals surface area contributed by atoms with E-state index in [2.05, 4.69) is 40.0 Å². The van der Waals surface area contributed by atoms with Gasteiger partial charge in [0.05, 0.1) is 25.2 Å². The number of aryl methyl sites for hydroxylation is 1. The average molecular weight is 315 g/mol. The van der Waals surface area contributed by atoms with E-state index in [0.717, 1.165) is 25.3 Å². The summed E-state index contributed by atoms with van der Waals surface area (Å²) in [6.07, 6.45) is 9.82. The normalized spacial score (nSPS) is 17.9. The number of aromatic nitrogens is 4. The van der Waals surface area contributed by atoms with Gasteiger partial charge in [0.1, 0.15) is 0 Å². The second kappa shape index (κ2) is 6.98. The lowest BCUT2D eigenvalue weighted by molar-refractivity contribution is 0.260. The topological polar surface area (TPSA) is 56.1 Å². The molecule has 2 aromatic rings. The molecule has 0 radical (unpaired) electrons. The number of hydrogen-bond donors (Lipinski definition) is 0. The van der Waals surface area contributed by atoms with E-state index in [-0.39, 0.29) is 0 Å². The quantitative estimate of drug-likeness (QED) is 0.819. The summed E-state index contributed by atoms with van der Waals surface area (Å²) in [6.45, 7) is 6.95. The van der Waals surface area contributed by atoms with Crippen molar-refractivity contribution >= 4 is 5.82 Å². The smallest absolute Gasteiger partial charge is 0.234 e. The molecule has 23 heavy (non-hydrogen) atoms. The van der Waals surface area contributed by atoms with Crippen LogP contribution in [0.25, 0.3) is 0 Å². The molecule has 6 nitrogen and oxygen atoms in total. The van der Waals surface area contributed by atoms with E-state index in [1.165, 1.54) is 12.0 Å². The van der Waals surface area contributed by atoms with Crippen LogP contribution in [0.5, 0.6) is 5.88 Å². The molecular weight excluding hydrogens is 290 g/mol. The first-order valence-corrected chi connectivity index (χ1v) is 8.27. The molecule has 1 atom stereocenters. The van der Waals surface area contributed by atoms with Crippen LogP contribution >= 0.6 is 0 Å². The summed E-state index contributed by atoms with van der Waals surface area (Å²) in [4.78, 5) is 11.2. The summed E-state index contributed by atoms with van der Waals surface area (Å²) in [5, 5.41) is 4.25. The van der Waals surface area contributed by atoms with Gasteiger partial charge in [0.25, 0.3) is 0 Å². The third kappa shape index (κ3) is 4.21. The molecule has 2 aromatic heterocycles. The van der Waals surface area contributed by atoms with Crippen molar-refractivity contribution in [1.82, 2.24) is 19.7 Å². The van der Waals surface area contributed by atoms with Crippen LogP contribution in [0.1, 0.15) is 25.8 Å². The first kappa shape index (κ1) is 15.8. The SMILES string of the molecule is CC(C)COc1cncc(N2CCC(Cc3cnn(C)c3)C2)n1. The maximum absolute atomic E-state index is 5.68. The standard InChI is InChI=1S/C17H25N5O/c1-13(2)12-23-17-9-18-8-16(20-17)22-5-4-14(11-22)6-15-7-19-21(3)10-15/h7-10,13-14H,4-6,11-12H2,1-3H3. The molecule has 124 valence electrons. The summed E-state index contributed by atoms with van der Waals surface area (Å²) in [6, 6.07) is 0. The zero-order chi connectivity index (χ0) is 16.2. The first-order valence-electron chi connectivity index (χ1n) is 8.27. The Kier molecular flexibility index (Phi) is 4.79. The monoisotopic (exact) mass is 315 g/mol. The molecule has 0 amide bonds. The lowest BCUT2D eigenvalue weighted by Crippen LogP contribution is -2.21. The molecule has 1 aliphatic rings. The van der Waals surface area contributed by atoms with Crippen LogP contribution in [0.2, 0.25) is 0 Å². The second-order valence-corrected chi connectivity index (χ2v) is 6.75. The van der Waals surface area contributed by atoms with E-state index in [0.29, 0.717) is 24.3 Å². The predicted octanol–water partition coefficient (Wildman–Crippen LogP) is 2.31. The van der Waals surface area contributed by atoms with E-state index in [1.54, 1.807) is 6.20 Å². The molecule has 0 saturated carbocycles. The average Bonchev–Trinajstić information content (AvgIpc) is 3.15. The summed E-state index contributed by atoms with van der Waals surface area (Å²) >= 11 is 0. The van der Waals surface area contributed by atoms with E-state index in [1.807, 2.05) is 24.1 Å². The number of nitrogens with zero attached hydrogens (tertiary/aromatic N) is 5. The minimum Gasteiger partial charge on any atom is -0.476 e. The molecule has 1 unspecified atom stereocenters. The molecule has 0 aromatic carbocycles. The molecular formula is C17H25N5O. The van der Waals surface area contributed by atoms with Crippen LogP contribution in [0.4, 0.5) is 5.82 Å². The zero-order valence-corrected chi connectivity index (χ0v) is 14.1. The van der Waals surface area contributed by atoms with Crippen molar-refractivity contribution in [1.29, 1.82) is 0 Å². The highest BCUT2D eigenvalue weighted by molar-refractivity contribution is 5.39. The van der Waals surface area contributed by atoms with Gasteiger partial charge in [-0.2, -0.15) is 10.1 Å². The van der Waals surface area contributed by atoms with Crippen molar-refractivity contribution in [3.8, 4) is 5.88 Å². The molecule has 6 heteroatoms. The van der Waals surface area contributed by atoms with Gasteiger partial charge in [-0.05, 0) is 30.2 Å². The van der Waals surface area contributed by atoms with Gasteiger partial charge in [-0.1, -0.05) is 13.8 Å². The Morgan fingerprint density at radius 1 is 1.30 bits per heavy atom. The van der Waals surface area contributed by atoms with Gasteiger partial charge >= 0.3 is 0 Å². The summed E-state index contributed by atoms with van der Waals surface area (Å²) < 4.78 is 7.55. The fourth-order valence-electron chi connectivity index (χ4n) is 2.93. The van der Waals surface area contributed by atoms with E-state index in [9.17, 15) is 0 Å². The zero-order valence-electron chi connectivity index (χ0n) is 14.1. The predicted molar refractivity (Wildman–Crippen MR) is 89.6 cm³/mol. The van der Waals surface area contributed by atoms with E-state index >= 15 is 0 Å². The van der Waals surface area contributed by atoms with Crippen molar-refractivity contribution in [2.24, 2.45) is 18.9 Å². The van der Waals surface area contributed by atoms with Crippen molar-refractivity contribution in [3.63, 3.8) is 0 Å². The highest BCUT2D eigenvalue weighted by Crippen LogP contribution is 2.25. The molecule has 3 heterocycles. The fourth-order valence-corrected chi connectivity index (χ4v) is 2.93. The fraction of sp³-hybridized carbons (Fsp3) is 0.588. The van der Waals surface area contributed by atoms with Crippen molar-refractivity contribution < 1.29 is 4.74 Å². The summed E-state index contributed by atoms with van der Waals surface area (Å²) in [7, 11) is 1.96. The molecule has 0 bridgehead atoms. The molecule has 1 aliphatic heterocycles. The second-order valence-electron chi connectivity index (χ2n) is 6.75. The van der Waals surface area contributed by atoms with Crippen molar-refractivity contribution in [2.45, 2.75) is 26.7 Å². The summed E-state index contributed by atoms with van der Waals surface area (Å²) in [5.74, 6) is 2.66. The highest BCUT2D eigenvalue weighted by atomic mass is 16.5. The molecule has 0 N–H and O–H groups in total. The van der Waals surface area contributed by atoms with Gasteiger partial charge in [0.2, 0.25) is 5.88 Å². The minimum absolute atomic E-state index is 0.483. The Morgan fingerprint density at radius 2 is 2.17 bits per heavy atom.